The number of carbonyl (C=O) groups is 1. The van der Waals surface area contributed by atoms with Gasteiger partial charge in [-0.15, -0.1) is 11.3 Å². The summed E-state index contributed by atoms with van der Waals surface area (Å²) in [7, 11) is 0. The van der Waals surface area contributed by atoms with Gasteiger partial charge < -0.3 is 10.2 Å². The highest BCUT2D eigenvalue weighted by atomic mass is 32.1. The molecule has 0 unspecified atom stereocenters. The molecule has 0 radical (unpaired) electrons. The average molecular weight is 316 g/mol. The quantitative estimate of drug-likeness (QED) is 0.876. The molecule has 22 heavy (non-hydrogen) atoms. The fourth-order valence-corrected chi connectivity index (χ4v) is 4.75. The van der Waals surface area contributed by atoms with Gasteiger partial charge in [0, 0.05) is 30.9 Å². The predicted octanol–water partition coefficient (Wildman–Crippen LogP) is 2.20. The Kier molecular flexibility index (Phi) is 3.48. The number of aromatic nitrogens is 2. The molecule has 116 valence electrons. The molecule has 2 aromatic heterocycles. The summed E-state index contributed by atoms with van der Waals surface area (Å²) in [5.74, 6) is 2.00. The van der Waals surface area contributed by atoms with Crippen molar-refractivity contribution in [3.05, 3.63) is 16.3 Å². The van der Waals surface area contributed by atoms with Gasteiger partial charge in [-0.05, 0) is 38.2 Å². The van der Waals surface area contributed by atoms with Gasteiger partial charge in [0.15, 0.2) is 0 Å². The van der Waals surface area contributed by atoms with Gasteiger partial charge in [-0.25, -0.2) is 9.97 Å². The Morgan fingerprint density at radius 1 is 1.14 bits per heavy atom. The van der Waals surface area contributed by atoms with E-state index in [1.165, 1.54) is 35.1 Å². The molecule has 2 aromatic rings. The fraction of sp³-hybridized carbons (Fsp3) is 0.562. The van der Waals surface area contributed by atoms with Crippen LogP contribution in [0.4, 0.5) is 5.82 Å². The molecule has 2 aliphatic rings. The SMILES string of the molecule is Cc1nc(N2CCNC(=O)CC2)c2c3c(sc2n1)CCCC3. The molecule has 1 saturated heterocycles. The van der Waals surface area contributed by atoms with Gasteiger partial charge in [0.05, 0.1) is 5.39 Å². The highest BCUT2D eigenvalue weighted by molar-refractivity contribution is 7.19. The second kappa shape index (κ2) is 5.50. The number of aryl methyl sites for hydroxylation is 3. The average Bonchev–Trinajstić information content (AvgIpc) is 2.73. The van der Waals surface area contributed by atoms with Crippen LogP contribution in [0.5, 0.6) is 0 Å². The molecule has 1 aliphatic carbocycles. The minimum atomic E-state index is 0.136. The molecule has 5 nitrogen and oxygen atoms in total. The van der Waals surface area contributed by atoms with Crippen LogP contribution in [0, 0.1) is 6.92 Å². The summed E-state index contributed by atoms with van der Waals surface area (Å²) < 4.78 is 0. The smallest absolute Gasteiger partial charge is 0.221 e. The number of rotatable bonds is 1. The van der Waals surface area contributed by atoms with Gasteiger partial charge in [-0.3, -0.25) is 4.79 Å². The number of amides is 1. The van der Waals surface area contributed by atoms with Crippen molar-refractivity contribution < 1.29 is 4.79 Å². The number of hydrogen-bond donors (Lipinski definition) is 1. The zero-order valence-corrected chi connectivity index (χ0v) is 13.6. The third-order valence-corrected chi connectivity index (χ3v) is 5.71. The Balaban J connectivity index is 1.85. The lowest BCUT2D eigenvalue weighted by Gasteiger charge is -2.23. The van der Waals surface area contributed by atoms with E-state index in [0.717, 1.165) is 36.0 Å². The molecule has 0 spiro atoms. The van der Waals surface area contributed by atoms with Crippen molar-refractivity contribution in [3.8, 4) is 0 Å². The molecule has 4 rings (SSSR count). The number of fused-ring (bicyclic) bond motifs is 3. The third kappa shape index (κ3) is 2.35. The van der Waals surface area contributed by atoms with Crippen LogP contribution in [0.3, 0.4) is 0 Å². The lowest BCUT2D eigenvalue weighted by atomic mass is 9.97. The molecule has 1 amide bonds. The molecule has 0 atom stereocenters. The van der Waals surface area contributed by atoms with Crippen LogP contribution < -0.4 is 10.2 Å². The maximum atomic E-state index is 11.6. The van der Waals surface area contributed by atoms with Crippen LogP contribution in [0.15, 0.2) is 0 Å². The van der Waals surface area contributed by atoms with Crippen molar-refractivity contribution in [1.82, 2.24) is 15.3 Å². The van der Waals surface area contributed by atoms with Crippen molar-refractivity contribution in [2.24, 2.45) is 0 Å². The first kappa shape index (κ1) is 13.9. The van der Waals surface area contributed by atoms with E-state index in [4.69, 9.17) is 4.98 Å². The minimum absolute atomic E-state index is 0.136. The Bertz CT molecular complexity index is 739. The molecule has 0 bridgehead atoms. The molecule has 1 N–H and O–H groups in total. The van der Waals surface area contributed by atoms with E-state index in [1.54, 1.807) is 0 Å². The number of thiophene rings is 1. The van der Waals surface area contributed by atoms with Gasteiger partial charge in [-0.1, -0.05) is 0 Å². The van der Waals surface area contributed by atoms with E-state index in [1.807, 2.05) is 18.3 Å². The van der Waals surface area contributed by atoms with Gasteiger partial charge >= 0.3 is 0 Å². The van der Waals surface area contributed by atoms with Crippen LogP contribution in [-0.2, 0) is 17.6 Å². The lowest BCUT2D eigenvalue weighted by Crippen LogP contribution is -2.29. The molecular weight excluding hydrogens is 296 g/mol. The molecule has 6 heteroatoms. The molecule has 1 aliphatic heterocycles. The third-order valence-electron chi connectivity index (χ3n) is 4.52. The van der Waals surface area contributed by atoms with Crippen LogP contribution in [-0.4, -0.2) is 35.5 Å². The second-order valence-electron chi connectivity index (χ2n) is 6.07. The topological polar surface area (TPSA) is 58.1 Å². The zero-order chi connectivity index (χ0) is 15.1. The fourth-order valence-electron chi connectivity index (χ4n) is 3.45. The monoisotopic (exact) mass is 316 g/mol. The van der Waals surface area contributed by atoms with Crippen LogP contribution in [0.2, 0.25) is 0 Å². The number of hydrogen-bond acceptors (Lipinski definition) is 5. The zero-order valence-electron chi connectivity index (χ0n) is 12.8. The van der Waals surface area contributed by atoms with Gasteiger partial charge in [0.1, 0.15) is 16.5 Å². The summed E-state index contributed by atoms with van der Waals surface area (Å²) in [6.45, 7) is 4.21. The second-order valence-corrected chi connectivity index (χ2v) is 7.16. The number of anilines is 1. The van der Waals surface area contributed by atoms with Crippen molar-refractivity contribution >= 4 is 33.3 Å². The van der Waals surface area contributed by atoms with E-state index < -0.39 is 0 Å². The van der Waals surface area contributed by atoms with E-state index in [0.29, 0.717) is 13.0 Å². The standard InChI is InChI=1S/C16H20N4OS/c1-10-18-15(20-8-6-13(21)17-7-9-20)14-11-4-2-3-5-12(11)22-16(14)19-10/h2-9H2,1H3,(H,17,21). The van der Waals surface area contributed by atoms with E-state index in [-0.39, 0.29) is 5.91 Å². The maximum Gasteiger partial charge on any atom is 0.221 e. The molecular formula is C16H20N4OS. The summed E-state index contributed by atoms with van der Waals surface area (Å²) in [4.78, 5) is 25.9. The predicted molar refractivity (Wildman–Crippen MR) is 88.6 cm³/mol. The van der Waals surface area contributed by atoms with Crippen LogP contribution >= 0.6 is 11.3 Å². The molecule has 0 saturated carbocycles. The van der Waals surface area contributed by atoms with Gasteiger partial charge in [0.2, 0.25) is 5.91 Å². The van der Waals surface area contributed by atoms with Crippen molar-refractivity contribution in [2.45, 2.75) is 39.0 Å². The van der Waals surface area contributed by atoms with E-state index in [9.17, 15) is 4.79 Å². The Morgan fingerprint density at radius 3 is 2.91 bits per heavy atom. The summed E-state index contributed by atoms with van der Waals surface area (Å²) in [6, 6.07) is 0. The van der Waals surface area contributed by atoms with Crippen molar-refractivity contribution in [1.29, 1.82) is 0 Å². The Labute approximate surface area is 133 Å². The number of carbonyl (C=O) groups excluding carboxylic acids is 1. The summed E-state index contributed by atoms with van der Waals surface area (Å²) in [5.41, 5.74) is 1.46. The van der Waals surface area contributed by atoms with Crippen LogP contribution in [0.25, 0.3) is 10.2 Å². The molecule has 0 aromatic carbocycles. The molecule has 3 heterocycles. The first-order valence-electron chi connectivity index (χ1n) is 8.03. The highest BCUT2D eigenvalue weighted by Gasteiger charge is 2.24. The molecule has 1 fully saturated rings. The van der Waals surface area contributed by atoms with Crippen molar-refractivity contribution in [3.63, 3.8) is 0 Å². The highest BCUT2D eigenvalue weighted by Crippen LogP contribution is 2.39. The van der Waals surface area contributed by atoms with E-state index in [2.05, 4.69) is 15.2 Å². The van der Waals surface area contributed by atoms with Crippen molar-refractivity contribution in [2.75, 3.05) is 24.5 Å². The van der Waals surface area contributed by atoms with E-state index >= 15 is 0 Å². The first-order valence-corrected chi connectivity index (χ1v) is 8.84. The summed E-state index contributed by atoms with van der Waals surface area (Å²) in [6.07, 6.45) is 5.39. The minimum Gasteiger partial charge on any atom is -0.354 e. The number of nitrogens with zero attached hydrogens (tertiary/aromatic N) is 3. The first-order chi connectivity index (χ1) is 10.7. The van der Waals surface area contributed by atoms with Crippen LogP contribution in [0.1, 0.15) is 35.5 Å². The van der Waals surface area contributed by atoms with Gasteiger partial charge in [-0.2, -0.15) is 0 Å². The van der Waals surface area contributed by atoms with Gasteiger partial charge in [0.25, 0.3) is 0 Å². The largest absolute Gasteiger partial charge is 0.354 e. The maximum absolute atomic E-state index is 11.6. The summed E-state index contributed by atoms with van der Waals surface area (Å²) in [5, 5.41) is 4.19. The number of nitrogens with one attached hydrogen (secondary N) is 1. The Morgan fingerprint density at radius 2 is 2.00 bits per heavy atom. The normalized spacial score (nSPS) is 19.0. The Hall–Kier alpha value is -1.69. The summed E-state index contributed by atoms with van der Waals surface area (Å²) >= 11 is 1.84. The lowest BCUT2D eigenvalue weighted by molar-refractivity contribution is -0.120.